The number of hydrogen-bond donors (Lipinski definition) is 1. The van der Waals surface area contributed by atoms with Crippen LogP contribution in [0.4, 0.5) is 0 Å². The Hall–Kier alpha value is -1.02. The molecular formula is C11H17NO. The van der Waals surface area contributed by atoms with Crippen LogP contribution in [0.2, 0.25) is 0 Å². The fourth-order valence-electron chi connectivity index (χ4n) is 1.58. The summed E-state index contributed by atoms with van der Waals surface area (Å²) in [5, 5.41) is 0. The molecule has 1 aromatic carbocycles. The number of ether oxygens (including phenoxy) is 1. The van der Waals surface area contributed by atoms with Gasteiger partial charge in [-0.3, -0.25) is 0 Å². The van der Waals surface area contributed by atoms with Crippen molar-refractivity contribution < 1.29 is 4.74 Å². The summed E-state index contributed by atoms with van der Waals surface area (Å²) in [7, 11) is 1.69. The molecule has 0 radical (unpaired) electrons. The molecule has 2 heteroatoms. The first-order chi connectivity index (χ1) is 6.20. The van der Waals surface area contributed by atoms with Crippen molar-refractivity contribution in [1.29, 1.82) is 0 Å². The molecule has 0 aliphatic carbocycles. The predicted molar refractivity (Wildman–Crippen MR) is 55.0 cm³/mol. The van der Waals surface area contributed by atoms with Gasteiger partial charge in [0.05, 0.1) is 7.11 Å². The maximum Gasteiger partial charge on any atom is 0.122 e. The summed E-state index contributed by atoms with van der Waals surface area (Å²) >= 11 is 0. The molecule has 0 heterocycles. The van der Waals surface area contributed by atoms with E-state index in [-0.39, 0.29) is 6.04 Å². The number of methoxy groups -OCH3 is 1. The molecule has 13 heavy (non-hydrogen) atoms. The second-order valence-electron chi connectivity index (χ2n) is 3.17. The van der Waals surface area contributed by atoms with Gasteiger partial charge < -0.3 is 10.5 Å². The Bertz CT molecular complexity index is 281. The average molecular weight is 179 g/mol. The third kappa shape index (κ3) is 2.01. The molecule has 0 spiro atoms. The van der Waals surface area contributed by atoms with E-state index in [1.165, 1.54) is 11.1 Å². The molecule has 72 valence electrons. The standard InChI is InChI=1S/C11H17NO/c1-4-9-10(8(2)12)6-5-7-11(9)13-3/h5-8H,4,12H2,1-3H3/t8-/m1/s1. The van der Waals surface area contributed by atoms with Crippen molar-refractivity contribution in [3.8, 4) is 5.75 Å². The van der Waals surface area contributed by atoms with Gasteiger partial charge in [-0.2, -0.15) is 0 Å². The van der Waals surface area contributed by atoms with E-state index in [0.717, 1.165) is 12.2 Å². The quantitative estimate of drug-likeness (QED) is 0.772. The minimum atomic E-state index is 0.0741. The van der Waals surface area contributed by atoms with E-state index >= 15 is 0 Å². The number of hydrogen-bond acceptors (Lipinski definition) is 2. The lowest BCUT2D eigenvalue weighted by molar-refractivity contribution is 0.409. The molecule has 1 rings (SSSR count). The molecule has 0 saturated heterocycles. The van der Waals surface area contributed by atoms with E-state index in [2.05, 4.69) is 13.0 Å². The van der Waals surface area contributed by atoms with Crippen LogP contribution in [0, 0.1) is 0 Å². The van der Waals surface area contributed by atoms with E-state index < -0.39 is 0 Å². The third-order valence-corrected chi connectivity index (χ3v) is 2.23. The fourth-order valence-corrected chi connectivity index (χ4v) is 1.58. The van der Waals surface area contributed by atoms with E-state index in [9.17, 15) is 0 Å². The van der Waals surface area contributed by atoms with Crippen molar-refractivity contribution in [1.82, 2.24) is 0 Å². The summed E-state index contributed by atoms with van der Waals surface area (Å²) in [5.74, 6) is 0.942. The lowest BCUT2D eigenvalue weighted by atomic mass is 9.99. The zero-order valence-corrected chi connectivity index (χ0v) is 8.50. The molecule has 0 aliphatic heterocycles. The van der Waals surface area contributed by atoms with Crippen LogP contribution in [0.15, 0.2) is 18.2 Å². The molecule has 0 fully saturated rings. The smallest absolute Gasteiger partial charge is 0.122 e. The minimum Gasteiger partial charge on any atom is -0.496 e. The van der Waals surface area contributed by atoms with E-state index in [0.29, 0.717) is 0 Å². The molecule has 2 nitrogen and oxygen atoms in total. The summed E-state index contributed by atoms with van der Waals surface area (Å²) in [5.41, 5.74) is 8.26. The number of benzene rings is 1. The summed E-state index contributed by atoms with van der Waals surface area (Å²) in [6, 6.07) is 6.10. The first-order valence-corrected chi connectivity index (χ1v) is 4.62. The first kappa shape index (κ1) is 10.1. The van der Waals surface area contributed by atoms with Crippen molar-refractivity contribution in [2.75, 3.05) is 7.11 Å². The summed E-state index contributed by atoms with van der Waals surface area (Å²) in [6.45, 7) is 4.11. The number of nitrogens with two attached hydrogens (primary N) is 1. The highest BCUT2D eigenvalue weighted by atomic mass is 16.5. The summed E-state index contributed by atoms with van der Waals surface area (Å²) in [4.78, 5) is 0. The molecule has 0 saturated carbocycles. The van der Waals surface area contributed by atoms with Gasteiger partial charge in [0.2, 0.25) is 0 Å². The van der Waals surface area contributed by atoms with Crippen LogP contribution in [0.3, 0.4) is 0 Å². The van der Waals surface area contributed by atoms with Crippen LogP contribution in [0.5, 0.6) is 5.75 Å². The van der Waals surface area contributed by atoms with Crippen LogP contribution in [0.1, 0.15) is 31.0 Å². The van der Waals surface area contributed by atoms with E-state index in [1.54, 1.807) is 7.11 Å². The topological polar surface area (TPSA) is 35.2 Å². The van der Waals surface area contributed by atoms with Crippen LogP contribution >= 0.6 is 0 Å². The first-order valence-electron chi connectivity index (χ1n) is 4.62. The zero-order chi connectivity index (χ0) is 9.84. The van der Waals surface area contributed by atoms with Gasteiger partial charge in [-0.15, -0.1) is 0 Å². The lowest BCUT2D eigenvalue weighted by Gasteiger charge is -2.14. The van der Waals surface area contributed by atoms with Crippen LogP contribution in [-0.2, 0) is 6.42 Å². The Kier molecular flexibility index (Phi) is 3.32. The molecule has 0 bridgehead atoms. The lowest BCUT2D eigenvalue weighted by Crippen LogP contribution is -2.08. The Morgan fingerprint density at radius 3 is 2.62 bits per heavy atom. The van der Waals surface area contributed by atoms with Gasteiger partial charge >= 0.3 is 0 Å². The zero-order valence-electron chi connectivity index (χ0n) is 8.50. The molecule has 1 atom stereocenters. The molecular weight excluding hydrogens is 162 g/mol. The minimum absolute atomic E-state index is 0.0741. The van der Waals surface area contributed by atoms with E-state index in [4.69, 9.17) is 10.5 Å². The van der Waals surface area contributed by atoms with Crippen molar-refractivity contribution in [3.05, 3.63) is 29.3 Å². The van der Waals surface area contributed by atoms with Crippen molar-refractivity contribution in [2.45, 2.75) is 26.3 Å². The SMILES string of the molecule is CCc1c(OC)cccc1[C@@H](C)N. The van der Waals surface area contributed by atoms with Gasteiger partial charge in [-0.05, 0) is 30.5 Å². The highest BCUT2D eigenvalue weighted by molar-refractivity contribution is 5.41. The maximum atomic E-state index is 5.86. The Balaban J connectivity index is 3.19. The Morgan fingerprint density at radius 2 is 2.15 bits per heavy atom. The largest absolute Gasteiger partial charge is 0.496 e. The van der Waals surface area contributed by atoms with Crippen molar-refractivity contribution >= 4 is 0 Å². The van der Waals surface area contributed by atoms with Crippen molar-refractivity contribution in [2.24, 2.45) is 5.73 Å². The highest BCUT2D eigenvalue weighted by Gasteiger charge is 2.09. The predicted octanol–water partition coefficient (Wildman–Crippen LogP) is 2.28. The van der Waals surface area contributed by atoms with Gasteiger partial charge in [-0.25, -0.2) is 0 Å². The van der Waals surface area contributed by atoms with E-state index in [1.807, 2.05) is 19.1 Å². The number of rotatable bonds is 3. The van der Waals surface area contributed by atoms with Gasteiger partial charge in [0.15, 0.2) is 0 Å². The fraction of sp³-hybridized carbons (Fsp3) is 0.455. The van der Waals surface area contributed by atoms with Gasteiger partial charge in [0.1, 0.15) is 5.75 Å². The van der Waals surface area contributed by atoms with Gasteiger partial charge in [0.25, 0.3) is 0 Å². The second-order valence-corrected chi connectivity index (χ2v) is 3.17. The van der Waals surface area contributed by atoms with Crippen LogP contribution < -0.4 is 10.5 Å². The van der Waals surface area contributed by atoms with Gasteiger partial charge in [0, 0.05) is 6.04 Å². The third-order valence-electron chi connectivity index (χ3n) is 2.23. The second kappa shape index (κ2) is 4.28. The normalized spacial score (nSPS) is 12.6. The van der Waals surface area contributed by atoms with Gasteiger partial charge in [-0.1, -0.05) is 19.1 Å². The molecule has 1 aromatic rings. The van der Waals surface area contributed by atoms with Crippen LogP contribution in [-0.4, -0.2) is 7.11 Å². The molecule has 0 amide bonds. The maximum absolute atomic E-state index is 5.86. The summed E-state index contributed by atoms with van der Waals surface area (Å²) < 4.78 is 5.27. The monoisotopic (exact) mass is 179 g/mol. The average Bonchev–Trinajstić information content (AvgIpc) is 2.16. The van der Waals surface area contributed by atoms with Crippen molar-refractivity contribution in [3.63, 3.8) is 0 Å². The highest BCUT2D eigenvalue weighted by Crippen LogP contribution is 2.25. The molecule has 2 N–H and O–H groups in total. The summed E-state index contributed by atoms with van der Waals surface area (Å²) in [6.07, 6.45) is 0.959. The van der Waals surface area contributed by atoms with Crippen LogP contribution in [0.25, 0.3) is 0 Å². The Labute approximate surface area is 79.7 Å². The Morgan fingerprint density at radius 1 is 1.46 bits per heavy atom. The molecule has 0 unspecified atom stereocenters. The molecule has 0 aromatic heterocycles. The molecule has 0 aliphatic rings.